The van der Waals surface area contributed by atoms with Crippen LogP contribution in [0.25, 0.3) is 0 Å². The number of aromatic nitrogens is 1. The maximum absolute atomic E-state index is 11.7. The topological polar surface area (TPSA) is 42.0 Å². The van der Waals surface area contributed by atoms with Gasteiger partial charge in [-0.2, -0.15) is 0 Å². The second kappa shape index (κ2) is 6.55. The van der Waals surface area contributed by atoms with Crippen molar-refractivity contribution >= 4 is 5.91 Å². The molecule has 0 saturated heterocycles. The van der Waals surface area contributed by atoms with Gasteiger partial charge in [0, 0.05) is 24.0 Å². The molecule has 92 valence electrons. The van der Waals surface area contributed by atoms with Crippen molar-refractivity contribution in [3.8, 4) is 0 Å². The van der Waals surface area contributed by atoms with Gasteiger partial charge in [-0.3, -0.25) is 9.78 Å². The van der Waals surface area contributed by atoms with Gasteiger partial charge in [-0.25, -0.2) is 0 Å². The van der Waals surface area contributed by atoms with Gasteiger partial charge >= 0.3 is 0 Å². The maximum atomic E-state index is 11.7. The van der Waals surface area contributed by atoms with Crippen molar-refractivity contribution in [3.05, 3.63) is 66.0 Å². The van der Waals surface area contributed by atoms with E-state index in [2.05, 4.69) is 10.3 Å². The average molecular weight is 240 g/mol. The zero-order valence-corrected chi connectivity index (χ0v) is 10.2. The molecule has 18 heavy (non-hydrogen) atoms. The molecule has 0 unspecified atom stereocenters. The molecule has 3 nitrogen and oxygen atoms in total. The van der Waals surface area contributed by atoms with E-state index in [1.54, 1.807) is 6.20 Å². The molecule has 0 aliphatic heterocycles. The number of amides is 1. The molecule has 1 N–H and O–H groups in total. The molecule has 0 aliphatic carbocycles. The summed E-state index contributed by atoms with van der Waals surface area (Å²) >= 11 is 0. The first-order valence-corrected chi connectivity index (χ1v) is 6.09. The van der Waals surface area contributed by atoms with Crippen LogP contribution in [-0.2, 0) is 6.42 Å². The zero-order valence-electron chi connectivity index (χ0n) is 10.2. The summed E-state index contributed by atoms with van der Waals surface area (Å²) in [6, 6.07) is 15.1. The van der Waals surface area contributed by atoms with Crippen molar-refractivity contribution in [1.82, 2.24) is 10.3 Å². The standard InChI is InChI=1S/C15H16N2O/c18-15(13-7-2-1-3-8-13)17-12-6-10-14-9-4-5-11-16-14/h1-5,7-9,11H,6,10,12H2,(H,17,18). The van der Waals surface area contributed by atoms with Gasteiger partial charge in [0.15, 0.2) is 0 Å². The molecule has 0 saturated carbocycles. The van der Waals surface area contributed by atoms with E-state index in [9.17, 15) is 4.79 Å². The van der Waals surface area contributed by atoms with Crippen molar-refractivity contribution in [3.63, 3.8) is 0 Å². The summed E-state index contributed by atoms with van der Waals surface area (Å²) in [7, 11) is 0. The molecule has 1 aromatic heterocycles. The highest BCUT2D eigenvalue weighted by molar-refractivity contribution is 5.94. The lowest BCUT2D eigenvalue weighted by molar-refractivity contribution is 0.0953. The van der Waals surface area contributed by atoms with E-state index >= 15 is 0 Å². The fourth-order valence-corrected chi connectivity index (χ4v) is 1.71. The predicted molar refractivity (Wildman–Crippen MR) is 71.3 cm³/mol. The Morgan fingerprint density at radius 3 is 2.56 bits per heavy atom. The fourth-order valence-electron chi connectivity index (χ4n) is 1.71. The SMILES string of the molecule is O=C(NCCCc1ccccn1)c1ccccc1. The van der Waals surface area contributed by atoms with Gasteiger partial charge in [0.05, 0.1) is 0 Å². The number of benzene rings is 1. The molecule has 1 amide bonds. The molecule has 0 spiro atoms. The van der Waals surface area contributed by atoms with Gasteiger partial charge in [-0.1, -0.05) is 24.3 Å². The van der Waals surface area contributed by atoms with Gasteiger partial charge in [-0.15, -0.1) is 0 Å². The van der Waals surface area contributed by atoms with E-state index in [1.165, 1.54) is 0 Å². The number of hydrogen-bond acceptors (Lipinski definition) is 2. The average Bonchev–Trinajstić information content (AvgIpc) is 2.45. The largest absolute Gasteiger partial charge is 0.352 e. The van der Waals surface area contributed by atoms with Crippen LogP contribution in [0.15, 0.2) is 54.7 Å². The van der Waals surface area contributed by atoms with E-state index in [1.807, 2.05) is 48.5 Å². The van der Waals surface area contributed by atoms with Crippen LogP contribution in [0.4, 0.5) is 0 Å². The van der Waals surface area contributed by atoms with Crippen LogP contribution in [0.3, 0.4) is 0 Å². The van der Waals surface area contributed by atoms with Crippen LogP contribution >= 0.6 is 0 Å². The van der Waals surface area contributed by atoms with E-state index in [0.29, 0.717) is 12.1 Å². The number of rotatable bonds is 5. The number of aryl methyl sites for hydroxylation is 1. The number of hydrogen-bond donors (Lipinski definition) is 1. The summed E-state index contributed by atoms with van der Waals surface area (Å²) in [5.74, 6) is -0.0170. The summed E-state index contributed by atoms with van der Waals surface area (Å²) in [4.78, 5) is 16.0. The van der Waals surface area contributed by atoms with Gasteiger partial charge in [0.2, 0.25) is 0 Å². The third-order valence-corrected chi connectivity index (χ3v) is 2.66. The third-order valence-electron chi connectivity index (χ3n) is 2.66. The molecule has 0 atom stereocenters. The molecule has 0 bridgehead atoms. The van der Waals surface area contributed by atoms with Crippen LogP contribution in [0.1, 0.15) is 22.5 Å². The first kappa shape index (κ1) is 12.3. The number of carbonyl (C=O) groups excluding carboxylic acids is 1. The van der Waals surface area contributed by atoms with Crippen molar-refractivity contribution in [2.45, 2.75) is 12.8 Å². The normalized spacial score (nSPS) is 10.0. The lowest BCUT2D eigenvalue weighted by Gasteiger charge is -2.04. The summed E-state index contributed by atoms with van der Waals surface area (Å²) in [5, 5.41) is 2.90. The molecule has 2 aromatic rings. The van der Waals surface area contributed by atoms with Crippen LogP contribution in [0.5, 0.6) is 0 Å². The Morgan fingerprint density at radius 1 is 1.06 bits per heavy atom. The van der Waals surface area contributed by atoms with Crippen LogP contribution in [0.2, 0.25) is 0 Å². The van der Waals surface area contributed by atoms with Crippen LogP contribution in [-0.4, -0.2) is 17.4 Å². The highest BCUT2D eigenvalue weighted by Crippen LogP contribution is 1.99. The third kappa shape index (κ3) is 3.70. The monoisotopic (exact) mass is 240 g/mol. The Kier molecular flexibility index (Phi) is 4.47. The molecule has 0 radical (unpaired) electrons. The fraction of sp³-hybridized carbons (Fsp3) is 0.200. The first-order valence-electron chi connectivity index (χ1n) is 6.09. The van der Waals surface area contributed by atoms with Gasteiger partial charge in [0.25, 0.3) is 5.91 Å². The highest BCUT2D eigenvalue weighted by Gasteiger charge is 2.02. The predicted octanol–water partition coefficient (Wildman–Crippen LogP) is 2.44. The Bertz CT molecular complexity index is 482. The number of pyridine rings is 1. The van der Waals surface area contributed by atoms with Crippen molar-refractivity contribution < 1.29 is 4.79 Å². The first-order chi connectivity index (χ1) is 8.86. The summed E-state index contributed by atoms with van der Waals surface area (Å²) in [6.07, 6.45) is 3.57. The van der Waals surface area contributed by atoms with Crippen LogP contribution in [0, 0.1) is 0 Å². The summed E-state index contributed by atoms with van der Waals surface area (Å²) in [6.45, 7) is 0.671. The van der Waals surface area contributed by atoms with Gasteiger partial charge < -0.3 is 5.32 Å². The number of nitrogens with one attached hydrogen (secondary N) is 1. The second-order valence-corrected chi connectivity index (χ2v) is 4.05. The summed E-state index contributed by atoms with van der Waals surface area (Å²) < 4.78 is 0. The lowest BCUT2D eigenvalue weighted by atomic mass is 10.2. The quantitative estimate of drug-likeness (QED) is 0.816. The molecule has 0 fully saturated rings. The molecular formula is C15H16N2O. The minimum Gasteiger partial charge on any atom is -0.352 e. The molecule has 0 aliphatic rings. The number of nitrogens with zero attached hydrogens (tertiary/aromatic N) is 1. The Labute approximate surface area is 107 Å². The Balaban J connectivity index is 1.72. The minimum absolute atomic E-state index is 0.0170. The molecule has 3 heteroatoms. The molecular weight excluding hydrogens is 224 g/mol. The van der Waals surface area contributed by atoms with E-state index in [0.717, 1.165) is 18.5 Å². The van der Waals surface area contributed by atoms with Crippen molar-refractivity contribution in [2.24, 2.45) is 0 Å². The highest BCUT2D eigenvalue weighted by atomic mass is 16.1. The lowest BCUT2D eigenvalue weighted by Crippen LogP contribution is -2.24. The van der Waals surface area contributed by atoms with E-state index < -0.39 is 0 Å². The molecule has 2 rings (SSSR count). The molecule has 1 aromatic carbocycles. The van der Waals surface area contributed by atoms with E-state index in [4.69, 9.17) is 0 Å². The van der Waals surface area contributed by atoms with E-state index in [-0.39, 0.29) is 5.91 Å². The number of carbonyl (C=O) groups is 1. The zero-order chi connectivity index (χ0) is 12.6. The van der Waals surface area contributed by atoms with Gasteiger partial charge in [-0.05, 0) is 37.1 Å². The Hall–Kier alpha value is -2.16. The van der Waals surface area contributed by atoms with Crippen molar-refractivity contribution in [2.75, 3.05) is 6.54 Å². The maximum Gasteiger partial charge on any atom is 0.251 e. The minimum atomic E-state index is -0.0170. The molecule has 1 heterocycles. The Morgan fingerprint density at radius 2 is 1.83 bits per heavy atom. The van der Waals surface area contributed by atoms with Gasteiger partial charge in [0.1, 0.15) is 0 Å². The van der Waals surface area contributed by atoms with Crippen LogP contribution < -0.4 is 5.32 Å². The summed E-state index contributed by atoms with van der Waals surface area (Å²) in [5.41, 5.74) is 1.77. The van der Waals surface area contributed by atoms with Crippen molar-refractivity contribution in [1.29, 1.82) is 0 Å². The second-order valence-electron chi connectivity index (χ2n) is 4.05. The smallest absolute Gasteiger partial charge is 0.251 e.